The molecule has 0 aliphatic carbocycles. The maximum atomic E-state index is 5.50. The van der Waals surface area contributed by atoms with Crippen molar-refractivity contribution >= 4 is 6.08 Å². The number of fused-ring (bicyclic) bond motifs is 1. The van der Waals surface area contributed by atoms with Gasteiger partial charge in [-0.15, -0.1) is 0 Å². The van der Waals surface area contributed by atoms with Crippen LogP contribution in [-0.2, 0) is 0 Å². The first-order chi connectivity index (χ1) is 6.86. The summed E-state index contributed by atoms with van der Waals surface area (Å²) in [4.78, 5) is 0. The molecule has 0 saturated heterocycles. The molecule has 14 heavy (non-hydrogen) atoms. The molecule has 3 heteroatoms. The molecule has 0 saturated carbocycles. The van der Waals surface area contributed by atoms with Crippen LogP contribution in [0.25, 0.3) is 6.08 Å². The molecule has 0 amide bonds. The summed E-state index contributed by atoms with van der Waals surface area (Å²) in [6.07, 6.45) is 3.98. The smallest absolute Gasteiger partial charge is 0.203 e. The fourth-order valence-electron chi connectivity index (χ4n) is 1.50. The molecule has 0 aromatic heterocycles. The number of methoxy groups -OCH3 is 2. The topological polar surface area (TPSA) is 27.7 Å². The average molecular weight is 192 g/mol. The van der Waals surface area contributed by atoms with Gasteiger partial charge in [0.1, 0.15) is 6.61 Å². The van der Waals surface area contributed by atoms with Crippen molar-refractivity contribution < 1.29 is 14.2 Å². The van der Waals surface area contributed by atoms with Gasteiger partial charge >= 0.3 is 0 Å². The molecule has 1 heterocycles. The van der Waals surface area contributed by atoms with E-state index in [2.05, 4.69) is 0 Å². The van der Waals surface area contributed by atoms with E-state index in [1.807, 2.05) is 24.3 Å². The van der Waals surface area contributed by atoms with Gasteiger partial charge in [-0.1, -0.05) is 6.08 Å². The first kappa shape index (κ1) is 8.94. The van der Waals surface area contributed by atoms with Crippen LogP contribution < -0.4 is 14.2 Å². The summed E-state index contributed by atoms with van der Waals surface area (Å²) < 4.78 is 15.9. The van der Waals surface area contributed by atoms with E-state index >= 15 is 0 Å². The lowest BCUT2D eigenvalue weighted by Gasteiger charge is -2.17. The van der Waals surface area contributed by atoms with Gasteiger partial charge in [0.05, 0.1) is 14.2 Å². The van der Waals surface area contributed by atoms with Gasteiger partial charge in [-0.3, -0.25) is 0 Å². The van der Waals surface area contributed by atoms with Gasteiger partial charge in [0, 0.05) is 5.56 Å². The largest absolute Gasteiger partial charge is 0.493 e. The molecule has 74 valence electrons. The van der Waals surface area contributed by atoms with Gasteiger partial charge in [0.15, 0.2) is 11.5 Å². The maximum absolute atomic E-state index is 5.50. The van der Waals surface area contributed by atoms with Crippen molar-refractivity contribution in [3.63, 3.8) is 0 Å². The van der Waals surface area contributed by atoms with E-state index < -0.39 is 0 Å². The van der Waals surface area contributed by atoms with Crippen molar-refractivity contribution in [2.75, 3.05) is 20.8 Å². The number of benzene rings is 1. The highest BCUT2D eigenvalue weighted by atomic mass is 16.5. The average Bonchev–Trinajstić information content (AvgIpc) is 2.27. The normalized spacial score (nSPS) is 13.0. The van der Waals surface area contributed by atoms with Gasteiger partial charge in [-0.25, -0.2) is 0 Å². The fraction of sp³-hybridized carbons (Fsp3) is 0.273. The molecule has 1 aliphatic heterocycles. The van der Waals surface area contributed by atoms with E-state index in [1.54, 1.807) is 14.2 Å². The second-order valence-electron chi connectivity index (χ2n) is 2.93. The van der Waals surface area contributed by atoms with Gasteiger partial charge in [0.25, 0.3) is 0 Å². The summed E-state index contributed by atoms with van der Waals surface area (Å²) in [5, 5.41) is 0. The molecular formula is C11H12O3. The van der Waals surface area contributed by atoms with Crippen LogP contribution in [0.2, 0.25) is 0 Å². The molecule has 0 radical (unpaired) electrons. The van der Waals surface area contributed by atoms with Crippen molar-refractivity contribution in [1.82, 2.24) is 0 Å². The minimum Gasteiger partial charge on any atom is -0.493 e. The summed E-state index contributed by atoms with van der Waals surface area (Å²) in [5.41, 5.74) is 1.02. The summed E-state index contributed by atoms with van der Waals surface area (Å²) in [6.45, 7) is 0.580. The van der Waals surface area contributed by atoms with E-state index in [0.29, 0.717) is 18.1 Å². The molecule has 1 aromatic carbocycles. The van der Waals surface area contributed by atoms with Crippen LogP contribution in [0.3, 0.4) is 0 Å². The Labute approximate surface area is 82.9 Å². The van der Waals surface area contributed by atoms with E-state index in [4.69, 9.17) is 14.2 Å². The second kappa shape index (κ2) is 3.62. The number of hydrogen-bond acceptors (Lipinski definition) is 3. The number of ether oxygens (including phenoxy) is 3. The minimum absolute atomic E-state index is 0.580. The van der Waals surface area contributed by atoms with Crippen molar-refractivity contribution in [2.24, 2.45) is 0 Å². The second-order valence-corrected chi connectivity index (χ2v) is 2.93. The van der Waals surface area contributed by atoms with Crippen LogP contribution in [0.15, 0.2) is 18.2 Å². The molecule has 0 unspecified atom stereocenters. The third kappa shape index (κ3) is 1.31. The molecule has 0 atom stereocenters. The van der Waals surface area contributed by atoms with Crippen molar-refractivity contribution in [2.45, 2.75) is 0 Å². The van der Waals surface area contributed by atoms with Crippen LogP contribution >= 0.6 is 0 Å². The van der Waals surface area contributed by atoms with Crippen molar-refractivity contribution in [1.29, 1.82) is 0 Å². The van der Waals surface area contributed by atoms with E-state index in [0.717, 1.165) is 11.3 Å². The SMILES string of the molecule is COc1ccc2c(c1OC)OCC=C2. The molecule has 1 aromatic rings. The summed E-state index contributed by atoms with van der Waals surface area (Å²) in [5.74, 6) is 2.12. The Balaban J connectivity index is 2.56. The highest BCUT2D eigenvalue weighted by Crippen LogP contribution is 2.41. The van der Waals surface area contributed by atoms with Crippen LogP contribution in [-0.4, -0.2) is 20.8 Å². The van der Waals surface area contributed by atoms with Crippen LogP contribution in [0.1, 0.15) is 5.56 Å². The summed E-state index contributed by atoms with van der Waals surface area (Å²) in [7, 11) is 3.22. The fourth-order valence-corrected chi connectivity index (χ4v) is 1.50. The molecule has 2 rings (SSSR count). The first-order valence-electron chi connectivity index (χ1n) is 4.41. The number of rotatable bonds is 2. The standard InChI is InChI=1S/C11H12O3/c1-12-9-6-5-8-4-3-7-14-10(8)11(9)13-2/h3-6H,7H2,1-2H3. The Bertz CT molecular complexity index is 369. The third-order valence-electron chi connectivity index (χ3n) is 2.15. The van der Waals surface area contributed by atoms with E-state index in [1.165, 1.54) is 0 Å². The summed E-state index contributed by atoms with van der Waals surface area (Å²) in [6, 6.07) is 3.82. The monoisotopic (exact) mass is 192 g/mol. The zero-order chi connectivity index (χ0) is 9.97. The quantitative estimate of drug-likeness (QED) is 0.718. The van der Waals surface area contributed by atoms with Crippen LogP contribution in [0.4, 0.5) is 0 Å². The highest BCUT2D eigenvalue weighted by molar-refractivity contribution is 5.67. The lowest BCUT2D eigenvalue weighted by Crippen LogP contribution is -2.03. The maximum Gasteiger partial charge on any atom is 0.203 e. The van der Waals surface area contributed by atoms with Crippen molar-refractivity contribution in [3.05, 3.63) is 23.8 Å². The Kier molecular flexibility index (Phi) is 2.31. The van der Waals surface area contributed by atoms with Gasteiger partial charge in [0.2, 0.25) is 5.75 Å². The zero-order valence-corrected chi connectivity index (χ0v) is 8.24. The number of hydrogen-bond donors (Lipinski definition) is 0. The van der Waals surface area contributed by atoms with Crippen LogP contribution in [0.5, 0.6) is 17.2 Å². The van der Waals surface area contributed by atoms with Gasteiger partial charge < -0.3 is 14.2 Å². The van der Waals surface area contributed by atoms with Gasteiger partial charge in [-0.05, 0) is 18.2 Å². The Morgan fingerprint density at radius 2 is 2.07 bits per heavy atom. The predicted octanol–water partition coefficient (Wildman–Crippen LogP) is 2.11. The summed E-state index contributed by atoms with van der Waals surface area (Å²) >= 11 is 0. The Hall–Kier alpha value is -1.64. The minimum atomic E-state index is 0.580. The highest BCUT2D eigenvalue weighted by Gasteiger charge is 2.16. The van der Waals surface area contributed by atoms with E-state index in [9.17, 15) is 0 Å². The third-order valence-corrected chi connectivity index (χ3v) is 2.15. The molecule has 0 N–H and O–H groups in total. The molecule has 0 spiro atoms. The lowest BCUT2D eigenvalue weighted by molar-refractivity contribution is 0.305. The van der Waals surface area contributed by atoms with Crippen molar-refractivity contribution in [3.8, 4) is 17.2 Å². The predicted molar refractivity (Wildman–Crippen MR) is 54.1 cm³/mol. The van der Waals surface area contributed by atoms with Crippen LogP contribution in [0, 0.1) is 0 Å². The Morgan fingerprint density at radius 3 is 2.79 bits per heavy atom. The first-order valence-corrected chi connectivity index (χ1v) is 4.41. The molecule has 0 bridgehead atoms. The van der Waals surface area contributed by atoms with E-state index in [-0.39, 0.29) is 0 Å². The lowest BCUT2D eigenvalue weighted by atomic mass is 10.1. The molecule has 1 aliphatic rings. The Morgan fingerprint density at radius 1 is 1.21 bits per heavy atom. The molecular weight excluding hydrogens is 180 g/mol. The van der Waals surface area contributed by atoms with Gasteiger partial charge in [-0.2, -0.15) is 0 Å². The molecule has 0 fully saturated rings. The molecule has 3 nitrogen and oxygen atoms in total. The zero-order valence-electron chi connectivity index (χ0n) is 8.24.